The predicted molar refractivity (Wildman–Crippen MR) is 115 cm³/mol. The molecule has 28 heavy (non-hydrogen) atoms. The quantitative estimate of drug-likeness (QED) is 0.581. The molecule has 0 fully saturated rings. The van der Waals surface area contributed by atoms with Crippen LogP contribution in [0.25, 0.3) is 11.0 Å². The molecule has 0 unspecified atom stereocenters. The van der Waals surface area contributed by atoms with Crippen molar-refractivity contribution >= 4 is 45.0 Å². The molecule has 1 aliphatic carbocycles. The number of hydrogen-bond donors (Lipinski definition) is 1. The minimum absolute atomic E-state index is 0.0400. The van der Waals surface area contributed by atoms with Gasteiger partial charge in [-0.2, -0.15) is 5.26 Å². The van der Waals surface area contributed by atoms with Crippen LogP contribution in [0.1, 0.15) is 42.2 Å². The van der Waals surface area contributed by atoms with Crippen molar-refractivity contribution in [3.8, 4) is 6.07 Å². The van der Waals surface area contributed by atoms with E-state index in [1.165, 1.54) is 11.3 Å². The number of aromatic nitrogens is 2. The number of amides is 1. The number of para-hydroxylation sites is 2. The number of carbonyl (C=O) groups is 1. The molecule has 1 amide bonds. The van der Waals surface area contributed by atoms with Crippen molar-refractivity contribution in [3.63, 3.8) is 0 Å². The van der Waals surface area contributed by atoms with Crippen LogP contribution in [0, 0.1) is 11.3 Å². The number of carbonyl (C=O) groups excluding carboxylic acids is 1. The van der Waals surface area contributed by atoms with E-state index >= 15 is 0 Å². The average molecular weight is 411 g/mol. The van der Waals surface area contributed by atoms with Crippen LogP contribution >= 0.6 is 23.1 Å². The lowest BCUT2D eigenvalue weighted by atomic mass is 9.96. The summed E-state index contributed by atoms with van der Waals surface area (Å²) in [4.78, 5) is 18.4. The lowest BCUT2D eigenvalue weighted by molar-refractivity contribution is -0.115. The van der Waals surface area contributed by atoms with Crippen molar-refractivity contribution in [2.75, 3.05) is 11.1 Å². The summed E-state index contributed by atoms with van der Waals surface area (Å²) in [6, 6.07) is 10.4. The highest BCUT2D eigenvalue weighted by Crippen LogP contribution is 2.37. The number of nitrogens with one attached hydrogen (secondary N) is 1. The number of nitriles is 1. The van der Waals surface area contributed by atoms with E-state index < -0.39 is 0 Å². The standard InChI is InChI=1S/C21H22N4OS2/c1-2-25-17-9-5-4-8-16(17)23-21(25)27-12-11-19(26)24-20-15(13-22)14-7-3-6-10-18(14)28-20/h4-5,8-9H,2-3,6-7,10-12H2,1H3,(H,24,26). The van der Waals surface area contributed by atoms with Crippen molar-refractivity contribution in [1.82, 2.24) is 9.55 Å². The lowest BCUT2D eigenvalue weighted by Gasteiger charge is -2.09. The Kier molecular flexibility index (Phi) is 5.69. The number of hydrogen-bond acceptors (Lipinski definition) is 5. The summed E-state index contributed by atoms with van der Waals surface area (Å²) in [6.07, 6.45) is 4.66. The van der Waals surface area contributed by atoms with E-state index in [4.69, 9.17) is 0 Å². The molecule has 0 saturated heterocycles. The molecule has 0 saturated carbocycles. The first-order chi connectivity index (χ1) is 13.7. The van der Waals surface area contributed by atoms with Crippen molar-refractivity contribution in [2.24, 2.45) is 0 Å². The average Bonchev–Trinajstić information content (AvgIpc) is 3.24. The van der Waals surface area contributed by atoms with Crippen LogP contribution in [0.15, 0.2) is 29.4 Å². The monoisotopic (exact) mass is 410 g/mol. The number of thioether (sulfide) groups is 1. The number of benzene rings is 1. The van der Waals surface area contributed by atoms with E-state index in [9.17, 15) is 10.1 Å². The second-order valence-corrected chi connectivity index (χ2v) is 8.97. The fourth-order valence-electron chi connectivity index (χ4n) is 3.67. The number of nitrogens with zero attached hydrogens (tertiary/aromatic N) is 3. The van der Waals surface area contributed by atoms with Crippen LogP contribution in [0.2, 0.25) is 0 Å². The van der Waals surface area contributed by atoms with E-state index in [0.29, 0.717) is 17.7 Å². The summed E-state index contributed by atoms with van der Waals surface area (Å²) in [7, 11) is 0. The van der Waals surface area contributed by atoms with Crippen LogP contribution in [0.5, 0.6) is 0 Å². The van der Waals surface area contributed by atoms with Gasteiger partial charge in [-0.3, -0.25) is 4.79 Å². The highest BCUT2D eigenvalue weighted by atomic mass is 32.2. The molecule has 4 rings (SSSR count). The third-order valence-corrected chi connectivity index (χ3v) is 7.22. The number of anilines is 1. The Morgan fingerprint density at radius 3 is 3.00 bits per heavy atom. The van der Waals surface area contributed by atoms with Gasteiger partial charge >= 0.3 is 0 Å². The van der Waals surface area contributed by atoms with Crippen molar-refractivity contribution < 1.29 is 4.79 Å². The second-order valence-electron chi connectivity index (χ2n) is 6.80. The molecule has 5 nitrogen and oxygen atoms in total. The Balaban J connectivity index is 1.40. The van der Waals surface area contributed by atoms with Gasteiger partial charge in [0.15, 0.2) is 5.16 Å². The molecule has 0 atom stereocenters. The van der Waals surface area contributed by atoms with Crippen LogP contribution in [-0.2, 0) is 24.2 Å². The predicted octanol–water partition coefficient (Wildman–Crippen LogP) is 4.99. The SMILES string of the molecule is CCn1c(SCCC(=O)Nc2sc3c(c2C#N)CCCC3)nc2ccccc21. The van der Waals surface area contributed by atoms with Crippen LogP contribution in [0.4, 0.5) is 5.00 Å². The van der Waals surface area contributed by atoms with E-state index in [-0.39, 0.29) is 5.91 Å². The van der Waals surface area contributed by atoms with Gasteiger partial charge in [0, 0.05) is 23.6 Å². The summed E-state index contributed by atoms with van der Waals surface area (Å²) in [5, 5.41) is 14.2. The summed E-state index contributed by atoms with van der Waals surface area (Å²) >= 11 is 3.18. The molecule has 2 aromatic heterocycles. The Morgan fingerprint density at radius 1 is 1.36 bits per heavy atom. The van der Waals surface area contributed by atoms with E-state index in [2.05, 4.69) is 33.9 Å². The van der Waals surface area contributed by atoms with Gasteiger partial charge in [0.05, 0.1) is 16.6 Å². The maximum atomic E-state index is 12.5. The number of imidazole rings is 1. The zero-order chi connectivity index (χ0) is 19.5. The number of fused-ring (bicyclic) bond motifs is 2. The number of rotatable bonds is 6. The summed E-state index contributed by atoms with van der Waals surface area (Å²) < 4.78 is 2.18. The molecule has 2 heterocycles. The Bertz CT molecular complexity index is 1060. The highest BCUT2D eigenvalue weighted by molar-refractivity contribution is 7.99. The summed E-state index contributed by atoms with van der Waals surface area (Å²) in [5.41, 5.74) is 3.94. The smallest absolute Gasteiger partial charge is 0.225 e. The number of aryl methyl sites for hydroxylation is 2. The zero-order valence-corrected chi connectivity index (χ0v) is 17.5. The minimum atomic E-state index is -0.0400. The van der Waals surface area contributed by atoms with Crippen molar-refractivity contribution in [2.45, 2.75) is 50.7 Å². The summed E-state index contributed by atoms with van der Waals surface area (Å²) in [6.45, 7) is 2.95. The molecular weight excluding hydrogens is 388 g/mol. The Labute approximate surface area is 172 Å². The van der Waals surface area contributed by atoms with Gasteiger partial charge in [-0.25, -0.2) is 4.98 Å². The molecule has 0 aliphatic heterocycles. The van der Waals surface area contributed by atoms with Gasteiger partial charge in [0.2, 0.25) is 5.91 Å². The number of thiophene rings is 1. The first-order valence-electron chi connectivity index (χ1n) is 9.63. The second kappa shape index (κ2) is 8.38. The van der Waals surface area contributed by atoms with Crippen LogP contribution in [0.3, 0.4) is 0 Å². The van der Waals surface area contributed by atoms with Crippen LogP contribution in [-0.4, -0.2) is 21.2 Å². The normalized spacial score (nSPS) is 13.3. The van der Waals surface area contributed by atoms with Gasteiger partial charge in [-0.05, 0) is 50.3 Å². The first kappa shape index (κ1) is 19.0. The minimum Gasteiger partial charge on any atom is -0.319 e. The van der Waals surface area contributed by atoms with Gasteiger partial charge in [0.1, 0.15) is 11.1 Å². The summed E-state index contributed by atoms with van der Waals surface area (Å²) in [5.74, 6) is 0.615. The molecule has 1 aliphatic rings. The molecule has 0 spiro atoms. The molecule has 1 aromatic carbocycles. The van der Waals surface area contributed by atoms with Crippen LogP contribution < -0.4 is 5.32 Å². The molecule has 3 aromatic rings. The Morgan fingerprint density at radius 2 is 2.18 bits per heavy atom. The first-order valence-corrected chi connectivity index (χ1v) is 11.4. The molecule has 0 radical (unpaired) electrons. The molecule has 1 N–H and O–H groups in total. The largest absolute Gasteiger partial charge is 0.319 e. The fourth-order valence-corrected chi connectivity index (χ4v) is 5.94. The lowest BCUT2D eigenvalue weighted by Crippen LogP contribution is -2.12. The molecule has 0 bridgehead atoms. The maximum Gasteiger partial charge on any atom is 0.225 e. The highest BCUT2D eigenvalue weighted by Gasteiger charge is 2.21. The van der Waals surface area contributed by atoms with E-state index in [0.717, 1.165) is 52.6 Å². The van der Waals surface area contributed by atoms with E-state index in [1.54, 1.807) is 23.1 Å². The topological polar surface area (TPSA) is 70.7 Å². The van der Waals surface area contributed by atoms with Gasteiger partial charge in [0.25, 0.3) is 0 Å². The zero-order valence-electron chi connectivity index (χ0n) is 15.8. The molecule has 7 heteroatoms. The van der Waals surface area contributed by atoms with Gasteiger partial charge < -0.3 is 9.88 Å². The molecule has 144 valence electrons. The van der Waals surface area contributed by atoms with Gasteiger partial charge in [-0.15, -0.1) is 11.3 Å². The maximum absolute atomic E-state index is 12.5. The van der Waals surface area contributed by atoms with Crippen molar-refractivity contribution in [1.29, 1.82) is 5.26 Å². The van der Waals surface area contributed by atoms with E-state index in [1.807, 2.05) is 18.2 Å². The Hall–Kier alpha value is -2.30. The third kappa shape index (κ3) is 3.67. The third-order valence-electron chi connectivity index (χ3n) is 5.03. The molecular formula is C21H22N4OS2. The van der Waals surface area contributed by atoms with Gasteiger partial charge in [-0.1, -0.05) is 23.9 Å². The van der Waals surface area contributed by atoms with Crippen molar-refractivity contribution in [3.05, 3.63) is 40.3 Å². The fraction of sp³-hybridized carbons (Fsp3) is 0.381.